The minimum atomic E-state index is -0.360. The fourth-order valence-electron chi connectivity index (χ4n) is 2.78. The highest BCUT2D eigenvalue weighted by Crippen LogP contribution is 2.26. The summed E-state index contributed by atoms with van der Waals surface area (Å²) in [7, 11) is 0. The van der Waals surface area contributed by atoms with E-state index in [0.29, 0.717) is 40.3 Å². The predicted octanol–water partition coefficient (Wildman–Crippen LogP) is 4.82. The zero-order chi connectivity index (χ0) is 18.7. The van der Waals surface area contributed by atoms with Crippen LogP contribution in [0.1, 0.15) is 6.42 Å². The van der Waals surface area contributed by atoms with Crippen molar-refractivity contribution in [3.05, 3.63) is 57.5 Å². The first-order chi connectivity index (χ1) is 12.4. The molecule has 1 heterocycles. The van der Waals surface area contributed by atoms with Gasteiger partial charge in [-0.05, 0) is 42.5 Å². The molecule has 1 fully saturated rings. The summed E-state index contributed by atoms with van der Waals surface area (Å²) < 4.78 is 0. The monoisotopic (exact) mass is 411 g/mol. The molecule has 26 heavy (non-hydrogen) atoms. The average molecular weight is 413 g/mol. The Hall–Kier alpha value is -1.95. The van der Waals surface area contributed by atoms with Crippen LogP contribution in [0.15, 0.2) is 42.5 Å². The Bertz CT molecular complexity index is 827. The van der Waals surface area contributed by atoms with E-state index in [1.165, 1.54) is 0 Å². The van der Waals surface area contributed by atoms with Gasteiger partial charge in [-0.2, -0.15) is 0 Å². The summed E-state index contributed by atoms with van der Waals surface area (Å²) in [5, 5.41) is 6.88. The maximum absolute atomic E-state index is 12.2. The number of amides is 3. The molecule has 136 valence electrons. The quantitative estimate of drug-likeness (QED) is 0.756. The van der Waals surface area contributed by atoms with E-state index in [1.807, 2.05) is 12.1 Å². The largest absolute Gasteiger partial charge is 0.338 e. The number of urea groups is 1. The van der Waals surface area contributed by atoms with Crippen LogP contribution in [0.5, 0.6) is 0 Å². The van der Waals surface area contributed by atoms with Crippen molar-refractivity contribution in [3.8, 4) is 0 Å². The summed E-state index contributed by atoms with van der Waals surface area (Å²) in [5.41, 5.74) is 1.35. The highest BCUT2D eigenvalue weighted by Gasteiger charge is 2.30. The number of hydrogen-bond donors (Lipinski definition) is 2. The second-order valence-electron chi connectivity index (χ2n) is 6.01. The summed E-state index contributed by atoms with van der Waals surface area (Å²) in [4.78, 5) is 25.9. The van der Waals surface area contributed by atoms with E-state index in [-0.39, 0.29) is 17.9 Å². The number of carbonyl (C=O) groups is 2. The van der Waals surface area contributed by atoms with Gasteiger partial charge in [0.05, 0.1) is 10.0 Å². The molecule has 0 spiro atoms. The number of nitrogens with one attached hydrogen (secondary N) is 2. The van der Waals surface area contributed by atoms with Gasteiger partial charge >= 0.3 is 6.03 Å². The second kappa shape index (κ2) is 8.16. The molecule has 0 aliphatic carbocycles. The van der Waals surface area contributed by atoms with Gasteiger partial charge in [0, 0.05) is 41.8 Å². The lowest BCUT2D eigenvalue weighted by Gasteiger charge is -2.17. The molecule has 2 aromatic carbocycles. The zero-order valence-electron chi connectivity index (χ0n) is 13.6. The topological polar surface area (TPSA) is 61.4 Å². The highest BCUT2D eigenvalue weighted by molar-refractivity contribution is 6.42. The maximum Gasteiger partial charge on any atom is 0.319 e. The van der Waals surface area contributed by atoms with Crippen molar-refractivity contribution >= 4 is 58.1 Å². The lowest BCUT2D eigenvalue weighted by molar-refractivity contribution is -0.117. The van der Waals surface area contributed by atoms with Gasteiger partial charge in [-0.1, -0.05) is 34.8 Å². The molecule has 1 unspecified atom stereocenters. The molecule has 3 amide bonds. The van der Waals surface area contributed by atoms with E-state index in [0.717, 1.165) is 5.69 Å². The summed E-state index contributed by atoms with van der Waals surface area (Å²) in [5.74, 6) is 0.0711. The minimum absolute atomic E-state index is 0.0315. The van der Waals surface area contributed by atoms with Crippen LogP contribution < -0.4 is 15.5 Å². The molecule has 1 atom stereocenters. The van der Waals surface area contributed by atoms with Gasteiger partial charge in [-0.15, -0.1) is 0 Å². The van der Waals surface area contributed by atoms with Crippen LogP contribution in [0, 0.1) is 5.92 Å². The number of rotatable bonds is 4. The maximum atomic E-state index is 12.2. The zero-order valence-corrected chi connectivity index (χ0v) is 15.9. The molecule has 3 rings (SSSR count). The van der Waals surface area contributed by atoms with E-state index >= 15 is 0 Å². The number of anilines is 2. The Kier molecular flexibility index (Phi) is 5.91. The number of benzene rings is 2. The first-order valence-electron chi connectivity index (χ1n) is 7.98. The van der Waals surface area contributed by atoms with Crippen LogP contribution in [0.3, 0.4) is 0 Å². The third-order valence-electron chi connectivity index (χ3n) is 4.07. The Balaban J connectivity index is 1.52. The van der Waals surface area contributed by atoms with E-state index in [4.69, 9.17) is 34.8 Å². The van der Waals surface area contributed by atoms with Gasteiger partial charge in [-0.3, -0.25) is 4.79 Å². The first kappa shape index (κ1) is 18.8. The van der Waals surface area contributed by atoms with Crippen LogP contribution in [-0.2, 0) is 4.79 Å². The molecule has 0 radical (unpaired) electrons. The Labute approximate surface area is 166 Å². The molecule has 0 saturated carbocycles. The van der Waals surface area contributed by atoms with Crippen LogP contribution in [0.4, 0.5) is 16.2 Å². The SMILES string of the molecule is O=C(NCC1CC(=O)N(c2ccc(Cl)cc2)C1)Nc1ccc(Cl)c(Cl)c1. The molecule has 1 aliphatic rings. The van der Waals surface area contributed by atoms with Crippen LogP contribution in [0.2, 0.25) is 15.1 Å². The molecule has 2 N–H and O–H groups in total. The smallest absolute Gasteiger partial charge is 0.319 e. The van der Waals surface area contributed by atoms with Gasteiger partial charge in [0.25, 0.3) is 0 Å². The van der Waals surface area contributed by atoms with E-state index in [9.17, 15) is 9.59 Å². The summed E-state index contributed by atoms with van der Waals surface area (Å²) in [6, 6.07) is 11.6. The standard InChI is InChI=1S/C18H16Cl3N3O2/c19-12-1-4-14(5-2-12)24-10-11(7-17(24)25)9-22-18(26)23-13-3-6-15(20)16(21)8-13/h1-6,8,11H,7,9-10H2,(H2,22,23,26). The second-order valence-corrected chi connectivity index (χ2v) is 7.27. The van der Waals surface area contributed by atoms with Crippen molar-refractivity contribution in [2.75, 3.05) is 23.3 Å². The fourth-order valence-corrected chi connectivity index (χ4v) is 3.20. The van der Waals surface area contributed by atoms with E-state index in [2.05, 4.69) is 10.6 Å². The van der Waals surface area contributed by atoms with E-state index in [1.54, 1.807) is 35.2 Å². The lowest BCUT2D eigenvalue weighted by atomic mass is 10.1. The molecular weight excluding hydrogens is 397 g/mol. The molecule has 1 saturated heterocycles. The molecule has 5 nitrogen and oxygen atoms in total. The lowest BCUT2D eigenvalue weighted by Crippen LogP contribution is -2.34. The van der Waals surface area contributed by atoms with Gasteiger partial charge < -0.3 is 15.5 Å². The van der Waals surface area contributed by atoms with Crippen molar-refractivity contribution in [3.63, 3.8) is 0 Å². The van der Waals surface area contributed by atoms with Crippen LogP contribution in [0.25, 0.3) is 0 Å². The van der Waals surface area contributed by atoms with E-state index < -0.39 is 0 Å². The number of nitrogens with zero attached hydrogens (tertiary/aromatic N) is 1. The third kappa shape index (κ3) is 4.61. The van der Waals surface area contributed by atoms with Crippen molar-refractivity contribution in [2.24, 2.45) is 5.92 Å². The Morgan fingerprint density at radius 1 is 1.08 bits per heavy atom. The molecule has 1 aliphatic heterocycles. The fraction of sp³-hybridized carbons (Fsp3) is 0.222. The number of halogens is 3. The number of carbonyl (C=O) groups excluding carboxylic acids is 2. The van der Waals surface area contributed by atoms with Crippen molar-refractivity contribution in [1.29, 1.82) is 0 Å². The highest BCUT2D eigenvalue weighted by atomic mass is 35.5. The third-order valence-corrected chi connectivity index (χ3v) is 5.06. The molecule has 0 aromatic heterocycles. The first-order valence-corrected chi connectivity index (χ1v) is 9.11. The molecular formula is C18H16Cl3N3O2. The Morgan fingerprint density at radius 2 is 1.81 bits per heavy atom. The Morgan fingerprint density at radius 3 is 2.50 bits per heavy atom. The molecule has 2 aromatic rings. The van der Waals surface area contributed by atoms with Crippen LogP contribution >= 0.6 is 34.8 Å². The van der Waals surface area contributed by atoms with Gasteiger partial charge in [-0.25, -0.2) is 4.79 Å². The van der Waals surface area contributed by atoms with Crippen LogP contribution in [-0.4, -0.2) is 25.0 Å². The van der Waals surface area contributed by atoms with Crippen molar-refractivity contribution < 1.29 is 9.59 Å². The van der Waals surface area contributed by atoms with Gasteiger partial charge in [0.1, 0.15) is 0 Å². The van der Waals surface area contributed by atoms with Crippen molar-refractivity contribution in [2.45, 2.75) is 6.42 Å². The molecule has 0 bridgehead atoms. The summed E-state index contributed by atoms with van der Waals surface area (Å²) in [6.45, 7) is 0.941. The normalized spacial score (nSPS) is 16.7. The number of hydrogen-bond acceptors (Lipinski definition) is 2. The van der Waals surface area contributed by atoms with Gasteiger partial charge in [0.2, 0.25) is 5.91 Å². The van der Waals surface area contributed by atoms with Gasteiger partial charge in [0.15, 0.2) is 0 Å². The minimum Gasteiger partial charge on any atom is -0.338 e. The predicted molar refractivity (Wildman–Crippen MR) is 105 cm³/mol. The average Bonchev–Trinajstić information content (AvgIpc) is 2.98. The summed E-state index contributed by atoms with van der Waals surface area (Å²) >= 11 is 17.6. The molecule has 8 heteroatoms. The van der Waals surface area contributed by atoms with Crippen molar-refractivity contribution in [1.82, 2.24) is 5.32 Å². The summed E-state index contributed by atoms with van der Waals surface area (Å²) in [6.07, 6.45) is 0.385.